The van der Waals surface area contributed by atoms with Crippen molar-refractivity contribution in [2.75, 3.05) is 25.0 Å². The molecule has 0 aliphatic rings. The minimum Gasteiger partial charge on any atom is -0.459 e. The van der Waals surface area contributed by atoms with Gasteiger partial charge in [0.15, 0.2) is 0 Å². The number of para-hydroxylation sites is 2. The van der Waals surface area contributed by atoms with E-state index in [0.717, 1.165) is 28.6 Å². The molecule has 30 heavy (non-hydrogen) atoms. The summed E-state index contributed by atoms with van der Waals surface area (Å²) in [4.78, 5) is 26.9. The van der Waals surface area contributed by atoms with Gasteiger partial charge < -0.3 is 15.1 Å². The molecule has 0 saturated carbocycles. The number of rotatable bonds is 9. The summed E-state index contributed by atoms with van der Waals surface area (Å²) in [5.74, 6) is 0.444. The number of amides is 2. The van der Waals surface area contributed by atoms with Crippen LogP contribution in [0.1, 0.15) is 37.6 Å². The number of furan rings is 1. The average Bonchev–Trinajstić information content (AvgIpc) is 3.14. The van der Waals surface area contributed by atoms with Gasteiger partial charge in [0.2, 0.25) is 11.8 Å². The number of hydrogen-bond acceptors (Lipinski definition) is 4. The van der Waals surface area contributed by atoms with Crippen LogP contribution in [0.3, 0.4) is 0 Å². The van der Waals surface area contributed by atoms with Crippen LogP contribution in [0, 0.1) is 6.92 Å². The van der Waals surface area contributed by atoms with E-state index in [0.29, 0.717) is 12.3 Å². The van der Waals surface area contributed by atoms with Crippen LogP contribution in [0.25, 0.3) is 11.0 Å². The van der Waals surface area contributed by atoms with Crippen molar-refractivity contribution < 1.29 is 14.0 Å². The van der Waals surface area contributed by atoms with Gasteiger partial charge in [-0.1, -0.05) is 43.3 Å². The molecule has 0 radical (unpaired) electrons. The van der Waals surface area contributed by atoms with Crippen LogP contribution in [0.15, 0.2) is 59.0 Å². The SMILES string of the molecule is CCCN(CC(=O)Nc1ccccc1C)CC(=O)N[C@@H](C)c1cc2ccccc2o1. The van der Waals surface area contributed by atoms with Crippen molar-refractivity contribution in [3.8, 4) is 0 Å². The molecule has 1 aromatic heterocycles. The maximum absolute atomic E-state index is 12.6. The van der Waals surface area contributed by atoms with Gasteiger partial charge in [-0.05, 0) is 50.6 Å². The summed E-state index contributed by atoms with van der Waals surface area (Å²) in [6.07, 6.45) is 0.851. The lowest BCUT2D eigenvalue weighted by atomic mass is 10.2. The van der Waals surface area contributed by atoms with Gasteiger partial charge in [-0.15, -0.1) is 0 Å². The summed E-state index contributed by atoms with van der Waals surface area (Å²) in [7, 11) is 0. The van der Waals surface area contributed by atoms with Gasteiger partial charge in [0.05, 0.1) is 19.1 Å². The van der Waals surface area contributed by atoms with Gasteiger partial charge >= 0.3 is 0 Å². The van der Waals surface area contributed by atoms with Gasteiger partial charge in [0.25, 0.3) is 0 Å². The first-order chi connectivity index (χ1) is 14.5. The van der Waals surface area contributed by atoms with Crippen molar-refractivity contribution in [1.29, 1.82) is 0 Å². The summed E-state index contributed by atoms with van der Waals surface area (Å²) in [5.41, 5.74) is 2.60. The van der Waals surface area contributed by atoms with E-state index in [1.165, 1.54) is 0 Å². The number of carbonyl (C=O) groups is 2. The molecule has 6 nitrogen and oxygen atoms in total. The minimum absolute atomic E-state index is 0.129. The topological polar surface area (TPSA) is 74.6 Å². The highest BCUT2D eigenvalue weighted by atomic mass is 16.3. The van der Waals surface area contributed by atoms with E-state index in [1.807, 2.05) is 80.3 Å². The Labute approximate surface area is 177 Å². The van der Waals surface area contributed by atoms with E-state index in [4.69, 9.17) is 4.42 Å². The summed E-state index contributed by atoms with van der Waals surface area (Å²) in [6.45, 7) is 6.85. The van der Waals surface area contributed by atoms with Gasteiger partial charge in [-0.2, -0.15) is 0 Å². The normalized spacial score (nSPS) is 12.1. The fraction of sp³-hybridized carbons (Fsp3) is 0.333. The van der Waals surface area contributed by atoms with Crippen molar-refractivity contribution in [3.63, 3.8) is 0 Å². The average molecular weight is 408 g/mol. The zero-order chi connectivity index (χ0) is 21.5. The Morgan fingerprint density at radius 2 is 1.73 bits per heavy atom. The third-order valence-electron chi connectivity index (χ3n) is 4.94. The van der Waals surface area contributed by atoms with E-state index in [2.05, 4.69) is 10.6 Å². The number of nitrogens with one attached hydrogen (secondary N) is 2. The molecule has 158 valence electrons. The van der Waals surface area contributed by atoms with Crippen LogP contribution < -0.4 is 10.6 Å². The summed E-state index contributed by atoms with van der Waals surface area (Å²) < 4.78 is 5.83. The maximum Gasteiger partial charge on any atom is 0.238 e. The molecule has 0 spiro atoms. The smallest absolute Gasteiger partial charge is 0.238 e. The van der Waals surface area contributed by atoms with E-state index in [1.54, 1.807) is 0 Å². The first kappa shape index (κ1) is 21.6. The maximum atomic E-state index is 12.6. The molecule has 0 aliphatic carbocycles. The molecule has 2 N–H and O–H groups in total. The number of hydrogen-bond donors (Lipinski definition) is 2. The molecule has 1 heterocycles. The lowest BCUT2D eigenvalue weighted by Gasteiger charge is -2.22. The Balaban J connectivity index is 1.56. The molecule has 2 amide bonds. The van der Waals surface area contributed by atoms with E-state index in [9.17, 15) is 9.59 Å². The highest BCUT2D eigenvalue weighted by Crippen LogP contribution is 2.23. The van der Waals surface area contributed by atoms with Crippen LogP contribution in [0.4, 0.5) is 5.69 Å². The molecule has 0 fully saturated rings. The predicted molar refractivity (Wildman–Crippen MR) is 119 cm³/mol. The van der Waals surface area contributed by atoms with Crippen LogP contribution in [-0.2, 0) is 9.59 Å². The minimum atomic E-state index is -0.255. The van der Waals surface area contributed by atoms with Crippen LogP contribution >= 0.6 is 0 Å². The highest BCUT2D eigenvalue weighted by molar-refractivity contribution is 5.93. The van der Waals surface area contributed by atoms with Crippen LogP contribution in [0.5, 0.6) is 0 Å². The van der Waals surface area contributed by atoms with Crippen LogP contribution in [0.2, 0.25) is 0 Å². The fourth-order valence-corrected chi connectivity index (χ4v) is 3.41. The third kappa shape index (κ3) is 5.70. The molecule has 0 unspecified atom stereocenters. The summed E-state index contributed by atoms with van der Waals surface area (Å²) >= 11 is 0. The molecule has 0 saturated heterocycles. The Morgan fingerprint density at radius 3 is 2.47 bits per heavy atom. The van der Waals surface area contributed by atoms with Crippen molar-refractivity contribution >= 4 is 28.5 Å². The van der Waals surface area contributed by atoms with E-state index >= 15 is 0 Å². The van der Waals surface area contributed by atoms with Crippen molar-refractivity contribution in [2.24, 2.45) is 0 Å². The summed E-state index contributed by atoms with van der Waals surface area (Å²) in [5, 5.41) is 6.91. The number of anilines is 1. The van der Waals surface area contributed by atoms with E-state index in [-0.39, 0.29) is 30.9 Å². The second kappa shape index (κ2) is 10.1. The number of aryl methyl sites for hydroxylation is 1. The Kier molecular flexibility index (Phi) is 7.25. The zero-order valence-electron chi connectivity index (χ0n) is 17.8. The van der Waals surface area contributed by atoms with Gasteiger partial charge in [-0.3, -0.25) is 14.5 Å². The number of benzene rings is 2. The Hall–Kier alpha value is -3.12. The van der Waals surface area contributed by atoms with Crippen LogP contribution in [-0.4, -0.2) is 36.3 Å². The first-order valence-corrected chi connectivity index (χ1v) is 10.3. The molecular formula is C24H29N3O3. The molecular weight excluding hydrogens is 378 g/mol. The fourth-order valence-electron chi connectivity index (χ4n) is 3.41. The summed E-state index contributed by atoms with van der Waals surface area (Å²) in [6, 6.07) is 17.1. The van der Waals surface area contributed by atoms with Crippen molar-refractivity contribution in [3.05, 3.63) is 65.9 Å². The number of nitrogens with zero attached hydrogens (tertiary/aromatic N) is 1. The molecule has 0 bridgehead atoms. The standard InChI is InChI=1S/C24H29N3O3/c1-4-13-27(16-24(29)26-20-11-7-5-9-17(20)2)15-23(28)25-18(3)22-14-19-10-6-8-12-21(19)30-22/h5-12,14,18H,4,13,15-16H2,1-3H3,(H,25,28)(H,26,29)/t18-/m0/s1. The van der Waals surface area contributed by atoms with Gasteiger partial charge in [0, 0.05) is 11.1 Å². The molecule has 0 aliphatic heterocycles. The third-order valence-corrected chi connectivity index (χ3v) is 4.94. The largest absolute Gasteiger partial charge is 0.459 e. The van der Waals surface area contributed by atoms with Gasteiger partial charge in [-0.25, -0.2) is 0 Å². The first-order valence-electron chi connectivity index (χ1n) is 10.3. The van der Waals surface area contributed by atoms with Crippen molar-refractivity contribution in [2.45, 2.75) is 33.2 Å². The molecule has 1 atom stereocenters. The number of fused-ring (bicyclic) bond motifs is 1. The number of carbonyl (C=O) groups excluding carboxylic acids is 2. The van der Waals surface area contributed by atoms with E-state index < -0.39 is 0 Å². The highest BCUT2D eigenvalue weighted by Gasteiger charge is 2.18. The molecule has 3 rings (SSSR count). The van der Waals surface area contributed by atoms with Crippen molar-refractivity contribution in [1.82, 2.24) is 10.2 Å². The second-order valence-electron chi connectivity index (χ2n) is 7.55. The van der Waals surface area contributed by atoms with Gasteiger partial charge in [0.1, 0.15) is 11.3 Å². The zero-order valence-corrected chi connectivity index (χ0v) is 17.8. The molecule has 2 aromatic carbocycles. The Bertz CT molecular complexity index is 979. The monoisotopic (exact) mass is 407 g/mol. The lowest BCUT2D eigenvalue weighted by molar-refractivity contribution is -0.124. The predicted octanol–water partition coefficient (Wildman–Crippen LogP) is 4.27. The quantitative estimate of drug-likeness (QED) is 0.556. The Morgan fingerprint density at radius 1 is 1.03 bits per heavy atom. The lowest BCUT2D eigenvalue weighted by Crippen LogP contribution is -2.42. The second-order valence-corrected chi connectivity index (χ2v) is 7.55. The molecule has 3 aromatic rings. The molecule has 6 heteroatoms.